The van der Waals surface area contributed by atoms with Gasteiger partial charge in [-0.3, -0.25) is 0 Å². The van der Waals surface area contributed by atoms with Crippen molar-refractivity contribution >= 4 is 24.8 Å². The van der Waals surface area contributed by atoms with Crippen molar-refractivity contribution in [2.75, 3.05) is 6.61 Å². The van der Waals surface area contributed by atoms with Crippen LogP contribution in [0.5, 0.6) is 0 Å². The first-order valence-electron chi connectivity index (χ1n) is 6.86. The van der Waals surface area contributed by atoms with Gasteiger partial charge in [0.25, 0.3) is 0 Å². The highest BCUT2D eigenvalue weighted by atomic mass is 32.1. The third-order valence-corrected chi connectivity index (χ3v) is 4.44. The first-order chi connectivity index (χ1) is 10.5. The van der Waals surface area contributed by atoms with E-state index in [1.54, 1.807) is 4.90 Å². The first-order valence-corrected chi connectivity index (χ1v) is 7.38. The molecule has 1 fully saturated rings. The van der Waals surface area contributed by atoms with Gasteiger partial charge in [0, 0.05) is 6.42 Å². The van der Waals surface area contributed by atoms with Gasteiger partial charge < -0.3 is 35.0 Å². The highest BCUT2D eigenvalue weighted by Crippen LogP contribution is 2.36. The number of aliphatic hydroxyl groups is 4. The van der Waals surface area contributed by atoms with E-state index in [4.69, 9.17) is 4.74 Å². The van der Waals surface area contributed by atoms with Crippen molar-refractivity contribution in [3.63, 3.8) is 0 Å². The number of thiol groups is 1. The lowest BCUT2D eigenvalue weighted by molar-refractivity contribution is -0.138. The zero-order valence-corrected chi connectivity index (χ0v) is 12.4. The number of rotatable bonds is 2. The molecule has 0 saturated carbocycles. The van der Waals surface area contributed by atoms with Crippen LogP contribution in [0.4, 0.5) is 5.82 Å². The summed E-state index contributed by atoms with van der Waals surface area (Å²) in [6.07, 6.45) is -2.71. The van der Waals surface area contributed by atoms with Gasteiger partial charge in [-0.25, -0.2) is 9.98 Å². The third kappa shape index (κ3) is 2.62. The lowest BCUT2D eigenvalue weighted by Crippen LogP contribution is -2.45. The summed E-state index contributed by atoms with van der Waals surface area (Å²) < 4.78 is 5.65. The van der Waals surface area contributed by atoms with Gasteiger partial charge in [0.15, 0.2) is 5.82 Å². The zero-order valence-electron chi connectivity index (χ0n) is 11.5. The number of fused-ring (bicyclic) bond motifs is 1. The van der Waals surface area contributed by atoms with Crippen molar-refractivity contribution in [2.45, 2.75) is 42.4 Å². The molecule has 2 aliphatic heterocycles. The van der Waals surface area contributed by atoms with Crippen molar-refractivity contribution < 1.29 is 25.2 Å². The Hall–Kier alpha value is -1.17. The van der Waals surface area contributed by atoms with Crippen molar-refractivity contribution in [1.82, 2.24) is 14.9 Å². The molecule has 2 unspecified atom stereocenters. The van der Waals surface area contributed by atoms with E-state index in [1.807, 2.05) is 0 Å². The van der Waals surface area contributed by atoms with Crippen LogP contribution in [0, 0.1) is 0 Å². The third-order valence-electron chi connectivity index (χ3n) is 3.91. The number of imidazole rings is 1. The normalized spacial score (nSPS) is 38.7. The number of hydrogen-bond acceptors (Lipinski definition) is 9. The summed E-state index contributed by atoms with van der Waals surface area (Å²) in [4.78, 5) is 12.8. The molecule has 1 aromatic rings. The maximum Gasteiger partial charge on any atom is 0.177 e. The summed E-state index contributed by atoms with van der Waals surface area (Å²) in [7, 11) is 0. The Labute approximate surface area is 131 Å². The highest BCUT2D eigenvalue weighted by Gasteiger charge is 2.42. The Morgan fingerprint density at radius 3 is 2.86 bits per heavy atom. The molecule has 1 aromatic heterocycles. The van der Waals surface area contributed by atoms with Gasteiger partial charge in [0.05, 0.1) is 31.1 Å². The molecular weight excluding hydrogens is 312 g/mol. The highest BCUT2D eigenvalue weighted by molar-refractivity contribution is 7.80. The van der Waals surface area contributed by atoms with Crippen molar-refractivity contribution in [1.29, 1.82) is 0 Å². The molecule has 1 saturated heterocycles. The number of aromatic amines is 1. The molecule has 5 N–H and O–H groups in total. The second-order valence-corrected chi connectivity index (χ2v) is 5.79. The van der Waals surface area contributed by atoms with Crippen LogP contribution in [0.25, 0.3) is 0 Å². The van der Waals surface area contributed by atoms with Gasteiger partial charge in [-0.2, -0.15) is 0 Å². The monoisotopic (exact) mass is 330 g/mol. The predicted octanol–water partition coefficient (Wildman–Crippen LogP) is -1.50. The molecular formula is C12H18N4O5S. The van der Waals surface area contributed by atoms with E-state index in [-0.39, 0.29) is 6.42 Å². The molecule has 0 amide bonds. The topological polar surface area (TPSA) is 134 Å². The van der Waals surface area contributed by atoms with Crippen LogP contribution in [0.3, 0.4) is 0 Å². The zero-order chi connectivity index (χ0) is 15.9. The smallest absolute Gasteiger partial charge is 0.177 e. The van der Waals surface area contributed by atoms with Gasteiger partial charge >= 0.3 is 0 Å². The molecule has 0 spiro atoms. The van der Waals surface area contributed by atoms with Gasteiger partial charge in [-0.05, 0) is 0 Å². The average molecular weight is 330 g/mol. The first kappa shape index (κ1) is 15.7. The van der Waals surface area contributed by atoms with Crippen LogP contribution >= 0.6 is 12.6 Å². The Kier molecular flexibility index (Phi) is 4.39. The van der Waals surface area contributed by atoms with E-state index >= 15 is 0 Å². The van der Waals surface area contributed by atoms with E-state index in [1.165, 1.54) is 12.7 Å². The molecule has 10 heteroatoms. The van der Waals surface area contributed by atoms with Crippen LogP contribution in [-0.2, 0) is 4.74 Å². The number of nitrogens with one attached hydrogen (secondary N) is 1. The lowest BCUT2D eigenvalue weighted by Gasteiger charge is -2.36. The quantitative estimate of drug-likeness (QED) is 0.364. The van der Waals surface area contributed by atoms with Crippen LogP contribution in [0.1, 0.15) is 17.5 Å². The number of aromatic nitrogens is 2. The second-order valence-electron chi connectivity index (χ2n) is 5.30. The van der Waals surface area contributed by atoms with Gasteiger partial charge in [-0.1, -0.05) is 0 Å². The van der Waals surface area contributed by atoms with E-state index in [0.29, 0.717) is 11.5 Å². The van der Waals surface area contributed by atoms with Crippen LogP contribution in [-0.4, -0.2) is 78.9 Å². The second kappa shape index (κ2) is 6.14. The largest absolute Gasteiger partial charge is 0.394 e. The molecule has 3 rings (SSSR count). The fourth-order valence-electron chi connectivity index (χ4n) is 2.63. The fraction of sp³-hybridized carbons (Fsp3) is 0.667. The maximum atomic E-state index is 10.00. The Morgan fingerprint density at radius 2 is 2.14 bits per heavy atom. The van der Waals surface area contributed by atoms with Crippen molar-refractivity contribution in [3.8, 4) is 0 Å². The lowest BCUT2D eigenvalue weighted by atomic mass is 10.0. The minimum absolute atomic E-state index is 0.0290. The van der Waals surface area contributed by atoms with Crippen molar-refractivity contribution in [3.05, 3.63) is 12.0 Å². The average Bonchev–Trinajstić information content (AvgIpc) is 2.96. The fourth-order valence-corrected chi connectivity index (χ4v) is 3.03. The molecule has 0 aromatic carbocycles. The molecule has 122 valence electrons. The minimum atomic E-state index is -1.40. The molecule has 22 heavy (non-hydrogen) atoms. The van der Waals surface area contributed by atoms with Gasteiger partial charge in [0.2, 0.25) is 0 Å². The number of aliphatic hydroxyl groups excluding tert-OH is 4. The van der Waals surface area contributed by atoms with E-state index < -0.39 is 42.6 Å². The molecule has 2 aliphatic rings. The summed E-state index contributed by atoms with van der Waals surface area (Å²) in [6.45, 7) is -0.487. The summed E-state index contributed by atoms with van der Waals surface area (Å²) in [5, 5.41) is 38.7. The standard InChI is InChI=1S/C12H18N4O5S/c17-2-6-10(20)9(19)5(18)1-7(21-6)16-4-15-11-8(12(16)22)13-3-14-11/h3-7,9-10,12,17-20,22H,1-2H2,(H,13,14)/t5-,6-,7?,9-,10-,12?/m1/s1. The number of H-pyrrole nitrogens is 1. The molecule has 9 nitrogen and oxygen atoms in total. The number of nitrogens with zero attached hydrogens (tertiary/aromatic N) is 3. The van der Waals surface area contributed by atoms with Crippen molar-refractivity contribution in [2.24, 2.45) is 4.99 Å². The Morgan fingerprint density at radius 1 is 1.36 bits per heavy atom. The van der Waals surface area contributed by atoms with E-state index in [9.17, 15) is 20.4 Å². The van der Waals surface area contributed by atoms with Crippen LogP contribution < -0.4 is 0 Å². The summed E-state index contributed by atoms with van der Waals surface area (Å²) in [5.41, 5.74) is 0.676. The maximum absolute atomic E-state index is 10.00. The SMILES string of the molecule is OC[C@H]1OC(N2C=Nc3nc[nH]c3C2S)C[C@@H](O)[C@@H](O)[C@@H]1O. The van der Waals surface area contributed by atoms with E-state index in [0.717, 1.165) is 0 Å². The van der Waals surface area contributed by atoms with Gasteiger partial charge in [-0.15, -0.1) is 12.6 Å². The number of ether oxygens (including phenoxy) is 1. The van der Waals surface area contributed by atoms with Crippen LogP contribution in [0.2, 0.25) is 0 Å². The molecule has 6 atom stereocenters. The number of hydrogen-bond donors (Lipinski definition) is 6. The summed E-state index contributed by atoms with van der Waals surface area (Å²) in [5.74, 6) is 0.518. The van der Waals surface area contributed by atoms with Crippen LogP contribution in [0.15, 0.2) is 11.3 Å². The summed E-state index contributed by atoms with van der Waals surface area (Å²) in [6, 6.07) is 0. The summed E-state index contributed by atoms with van der Waals surface area (Å²) >= 11 is 4.49. The minimum Gasteiger partial charge on any atom is -0.394 e. The Balaban J connectivity index is 1.84. The van der Waals surface area contributed by atoms with Gasteiger partial charge in [0.1, 0.15) is 29.9 Å². The molecule has 0 bridgehead atoms. The molecule has 0 radical (unpaired) electrons. The molecule has 0 aliphatic carbocycles. The van der Waals surface area contributed by atoms with E-state index in [2.05, 4.69) is 27.6 Å². The number of aliphatic imine (C=N–C) groups is 1. The predicted molar refractivity (Wildman–Crippen MR) is 78.7 cm³/mol. The Bertz CT molecular complexity index is 555. The molecule has 3 heterocycles.